The number of aryl methyl sites for hydroxylation is 1. The van der Waals surface area contributed by atoms with Gasteiger partial charge >= 0.3 is 0 Å². The van der Waals surface area contributed by atoms with E-state index in [2.05, 4.69) is 42.1 Å². The molecule has 0 saturated carbocycles. The Morgan fingerprint density at radius 2 is 1.04 bits per heavy atom. The molecule has 0 aromatic carbocycles. The molecule has 0 unspecified atom stereocenters. The molecular formula is C20H36N2O3. The van der Waals surface area contributed by atoms with E-state index in [0.29, 0.717) is 0 Å². The topological polar surface area (TPSA) is 70.1 Å². The van der Waals surface area contributed by atoms with Crippen molar-refractivity contribution in [2.45, 2.75) is 96.9 Å². The molecule has 0 bridgehead atoms. The summed E-state index contributed by atoms with van der Waals surface area (Å²) in [4.78, 5) is 8.25. The zero-order chi connectivity index (χ0) is 18.6. The molecule has 1 aromatic heterocycles. The third-order valence-corrected chi connectivity index (χ3v) is 4.30. The fourth-order valence-electron chi connectivity index (χ4n) is 2.90. The van der Waals surface area contributed by atoms with Gasteiger partial charge in [-0.3, -0.25) is 0 Å². The highest BCUT2D eigenvalue weighted by molar-refractivity contribution is 4.83. The van der Waals surface area contributed by atoms with Crippen LogP contribution >= 0.6 is 0 Å². The van der Waals surface area contributed by atoms with Crippen LogP contribution in [0, 0.1) is 15.3 Å². The lowest BCUT2D eigenvalue weighted by Gasteiger charge is -2.02. The summed E-state index contributed by atoms with van der Waals surface area (Å²) in [5.74, 6) is 0. The molecule has 25 heavy (non-hydrogen) atoms. The van der Waals surface area contributed by atoms with Crippen molar-refractivity contribution < 1.29 is 9.65 Å². The van der Waals surface area contributed by atoms with E-state index in [-0.39, 0.29) is 0 Å². The molecule has 0 radical (unpaired) electrons. The first kappa shape index (κ1) is 23.4. The number of aromatic nitrogens is 1. The standard InChI is InChI=1S/C20H36N.NO3/c1-2-3-4-5-6-7-8-9-10-11-12-13-15-18-21-19-16-14-17-20-21;2-1(3)4/h14,16-17,19-20H,2-13,15,18H2,1H3;/q+1;-1. The van der Waals surface area contributed by atoms with Gasteiger partial charge in [-0.15, -0.1) is 0 Å². The number of hydrogen-bond donors (Lipinski definition) is 0. The fraction of sp³-hybridized carbons (Fsp3) is 0.750. The van der Waals surface area contributed by atoms with Crippen LogP contribution in [0.25, 0.3) is 0 Å². The summed E-state index contributed by atoms with van der Waals surface area (Å²) in [6.07, 6.45) is 22.9. The molecule has 0 aliphatic carbocycles. The van der Waals surface area contributed by atoms with Gasteiger partial charge in [0.1, 0.15) is 6.54 Å². The highest BCUT2D eigenvalue weighted by atomic mass is 16.9. The second-order valence-electron chi connectivity index (χ2n) is 6.58. The van der Waals surface area contributed by atoms with E-state index in [4.69, 9.17) is 15.3 Å². The molecule has 0 aliphatic heterocycles. The Hall–Kier alpha value is -1.65. The van der Waals surface area contributed by atoms with Gasteiger partial charge < -0.3 is 15.3 Å². The summed E-state index contributed by atoms with van der Waals surface area (Å²) in [6, 6.07) is 6.31. The largest absolute Gasteiger partial charge is 0.356 e. The summed E-state index contributed by atoms with van der Waals surface area (Å²) >= 11 is 0. The SMILES string of the molecule is CCCCCCCCCCCCCCC[n+]1ccccc1.O=[N+]([O-])[O-]. The molecule has 0 atom stereocenters. The molecule has 0 amide bonds. The lowest BCUT2D eigenvalue weighted by atomic mass is 10.0. The monoisotopic (exact) mass is 352 g/mol. The third kappa shape index (κ3) is 20.3. The van der Waals surface area contributed by atoms with Crippen LogP contribution in [-0.4, -0.2) is 5.09 Å². The van der Waals surface area contributed by atoms with E-state index < -0.39 is 5.09 Å². The second kappa shape index (κ2) is 18.7. The van der Waals surface area contributed by atoms with E-state index in [0.717, 1.165) is 0 Å². The molecule has 1 aromatic rings. The van der Waals surface area contributed by atoms with Crippen LogP contribution in [0.15, 0.2) is 30.6 Å². The minimum Gasteiger partial charge on any atom is -0.356 e. The lowest BCUT2D eigenvalue weighted by Crippen LogP contribution is -2.32. The Bertz CT molecular complexity index is 395. The minimum atomic E-state index is -1.75. The zero-order valence-corrected chi connectivity index (χ0v) is 15.9. The zero-order valence-electron chi connectivity index (χ0n) is 15.9. The maximum absolute atomic E-state index is 8.25. The Labute approximate surface area is 153 Å². The maximum Gasteiger partial charge on any atom is 0.168 e. The molecule has 0 fully saturated rings. The first-order valence-electron chi connectivity index (χ1n) is 9.92. The Morgan fingerprint density at radius 3 is 1.44 bits per heavy atom. The van der Waals surface area contributed by atoms with Gasteiger partial charge in [0, 0.05) is 18.6 Å². The maximum atomic E-state index is 8.25. The average molecular weight is 353 g/mol. The minimum absolute atomic E-state index is 1.18. The van der Waals surface area contributed by atoms with Gasteiger partial charge in [-0.05, 0) is 6.42 Å². The average Bonchev–Trinajstić information content (AvgIpc) is 2.59. The predicted octanol–water partition coefficient (Wildman–Crippen LogP) is 5.83. The molecule has 0 aliphatic rings. The molecule has 5 heteroatoms. The van der Waals surface area contributed by atoms with E-state index in [1.165, 1.54) is 90.0 Å². The molecule has 144 valence electrons. The van der Waals surface area contributed by atoms with Gasteiger partial charge in [0.2, 0.25) is 0 Å². The van der Waals surface area contributed by atoms with Crippen LogP contribution in [0.5, 0.6) is 0 Å². The van der Waals surface area contributed by atoms with E-state index in [9.17, 15) is 0 Å². The molecule has 1 heterocycles. The number of hydrogen-bond acceptors (Lipinski definition) is 3. The highest BCUT2D eigenvalue weighted by Crippen LogP contribution is 2.12. The molecule has 0 saturated heterocycles. The van der Waals surface area contributed by atoms with Gasteiger partial charge in [0.15, 0.2) is 12.4 Å². The first-order valence-corrected chi connectivity index (χ1v) is 9.92. The van der Waals surface area contributed by atoms with Crippen molar-refractivity contribution in [3.63, 3.8) is 0 Å². The van der Waals surface area contributed by atoms with Gasteiger partial charge in [0.05, 0.1) is 5.09 Å². The van der Waals surface area contributed by atoms with E-state index in [1.807, 2.05) is 0 Å². The highest BCUT2D eigenvalue weighted by Gasteiger charge is 1.98. The quantitative estimate of drug-likeness (QED) is 0.183. The Morgan fingerprint density at radius 1 is 0.680 bits per heavy atom. The second-order valence-corrected chi connectivity index (χ2v) is 6.58. The number of nitrogens with zero attached hydrogens (tertiary/aromatic N) is 2. The number of rotatable bonds is 14. The van der Waals surface area contributed by atoms with Gasteiger partial charge in [-0.1, -0.05) is 83.6 Å². The number of unbranched alkanes of at least 4 members (excludes halogenated alkanes) is 12. The van der Waals surface area contributed by atoms with Crippen LogP contribution in [-0.2, 0) is 6.54 Å². The van der Waals surface area contributed by atoms with Gasteiger partial charge in [0.25, 0.3) is 0 Å². The first-order chi connectivity index (χ1) is 12.2. The van der Waals surface area contributed by atoms with Crippen LogP contribution in [0.4, 0.5) is 0 Å². The molecule has 1 rings (SSSR count). The predicted molar refractivity (Wildman–Crippen MR) is 103 cm³/mol. The summed E-state index contributed by atoms with van der Waals surface area (Å²) in [7, 11) is 0. The number of pyridine rings is 1. The third-order valence-electron chi connectivity index (χ3n) is 4.30. The van der Waals surface area contributed by atoms with Crippen molar-refractivity contribution in [3.05, 3.63) is 45.9 Å². The lowest BCUT2D eigenvalue weighted by molar-refractivity contribution is -0.697. The Kier molecular flexibility index (Phi) is 17.5. The van der Waals surface area contributed by atoms with Crippen LogP contribution in [0.2, 0.25) is 0 Å². The molecule has 0 N–H and O–H groups in total. The molecular weight excluding hydrogens is 316 g/mol. The normalized spacial score (nSPS) is 10.1. The van der Waals surface area contributed by atoms with Crippen molar-refractivity contribution in [3.8, 4) is 0 Å². The van der Waals surface area contributed by atoms with Crippen LogP contribution < -0.4 is 4.57 Å². The summed E-state index contributed by atoms with van der Waals surface area (Å²) in [5.41, 5.74) is 0. The van der Waals surface area contributed by atoms with Crippen LogP contribution in [0.1, 0.15) is 90.4 Å². The van der Waals surface area contributed by atoms with Crippen molar-refractivity contribution in [1.82, 2.24) is 0 Å². The Balaban J connectivity index is 0.00000129. The van der Waals surface area contributed by atoms with Crippen molar-refractivity contribution in [2.24, 2.45) is 0 Å². The molecule has 0 spiro atoms. The summed E-state index contributed by atoms with van der Waals surface area (Å²) in [5, 5.41) is 14.8. The van der Waals surface area contributed by atoms with E-state index >= 15 is 0 Å². The van der Waals surface area contributed by atoms with E-state index in [1.54, 1.807) is 0 Å². The van der Waals surface area contributed by atoms with Crippen LogP contribution in [0.3, 0.4) is 0 Å². The van der Waals surface area contributed by atoms with Crippen molar-refractivity contribution in [2.75, 3.05) is 0 Å². The van der Waals surface area contributed by atoms with Crippen molar-refractivity contribution >= 4 is 0 Å². The fourth-order valence-corrected chi connectivity index (χ4v) is 2.90. The van der Waals surface area contributed by atoms with Crippen molar-refractivity contribution in [1.29, 1.82) is 0 Å². The summed E-state index contributed by atoms with van der Waals surface area (Å²) < 4.78 is 2.29. The van der Waals surface area contributed by atoms with Gasteiger partial charge in [-0.2, -0.15) is 0 Å². The van der Waals surface area contributed by atoms with Gasteiger partial charge in [-0.25, -0.2) is 4.57 Å². The smallest absolute Gasteiger partial charge is 0.168 e. The molecule has 5 nitrogen and oxygen atoms in total. The summed E-state index contributed by atoms with van der Waals surface area (Å²) in [6.45, 7) is 3.47.